The fourth-order valence-electron chi connectivity index (χ4n) is 2.13. The number of nitrogens with zero attached hydrogens (tertiary/aromatic N) is 4. The number of non-ortho nitro benzene ring substituents is 1. The quantitative estimate of drug-likeness (QED) is 0.446. The molecular formula is C15H19N5O4. The van der Waals surface area contributed by atoms with Gasteiger partial charge in [-0.15, -0.1) is 5.10 Å². The van der Waals surface area contributed by atoms with Crippen molar-refractivity contribution >= 4 is 11.6 Å². The standard InChI is InChI=1S/C15H19N5O4/c1-3-24-9-5-8-16-15(21)14-11(2)19(18-17-14)12-6-4-7-13(10-12)20(22)23/h4,6-7,10H,3,5,8-9H2,1-2H3,(H,16,21). The number of amides is 1. The second-order valence-corrected chi connectivity index (χ2v) is 5.02. The zero-order valence-corrected chi connectivity index (χ0v) is 13.6. The molecule has 2 rings (SSSR count). The lowest BCUT2D eigenvalue weighted by Crippen LogP contribution is -2.26. The normalized spacial score (nSPS) is 10.6. The number of hydrogen-bond donors (Lipinski definition) is 1. The van der Waals surface area contributed by atoms with Crippen LogP contribution in [0, 0.1) is 17.0 Å². The van der Waals surface area contributed by atoms with Gasteiger partial charge in [0.1, 0.15) is 0 Å². The lowest BCUT2D eigenvalue weighted by Gasteiger charge is -2.05. The molecule has 1 aromatic carbocycles. The summed E-state index contributed by atoms with van der Waals surface area (Å²) < 4.78 is 6.60. The molecule has 0 saturated carbocycles. The summed E-state index contributed by atoms with van der Waals surface area (Å²) in [5.74, 6) is -0.333. The van der Waals surface area contributed by atoms with E-state index in [1.807, 2.05) is 6.92 Å². The number of benzene rings is 1. The molecule has 0 fully saturated rings. The third-order valence-electron chi connectivity index (χ3n) is 3.35. The molecule has 0 aliphatic carbocycles. The van der Waals surface area contributed by atoms with E-state index in [0.29, 0.717) is 37.6 Å². The Morgan fingerprint density at radius 3 is 2.96 bits per heavy atom. The van der Waals surface area contributed by atoms with Gasteiger partial charge in [-0.25, -0.2) is 4.68 Å². The average molecular weight is 333 g/mol. The van der Waals surface area contributed by atoms with Crippen LogP contribution in [0.3, 0.4) is 0 Å². The van der Waals surface area contributed by atoms with E-state index in [9.17, 15) is 14.9 Å². The molecule has 0 spiro atoms. The maximum atomic E-state index is 12.1. The third kappa shape index (κ3) is 4.13. The summed E-state index contributed by atoms with van der Waals surface area (Å²) in [5, 5.41) is 21.4. The second kappa shape index (κ2) is 8.16. The minimum atomic E-state index is -0.484. The molecule has 0 unspecified atom stereocenters. The number of carbonyl (C=O) groups is 1. The van der Waals surface area contributed by atoms with Crippen molar-refractivity contribution in [3.8, 4) is 5.69 Å². The van der Waals surface area contributed by atoms with E-state index in [1.54, 1.807) is 19.1 Å². The van der Waals surface area contributed by atoms with Crippen LogP contribution in [0.1, 0.15) is 29.5 Å². The molecule has 1 aromatic heterocycles. The fourth-order valence-corrected chi connectivity index (χ4v) is 2.13. The van der Waals surface area contributed by atoms with Crippen molar-refractivity contribution in [2.45, 2.75) is 20.3 Å². The summed E-state index contributed by atoms with van der Waals surface area (Å²) in [6, 6.07) is 5.99. The molecule has 9 heteroatoms. The SMILES string of the molecule is CCOCCCNC(=O)c1nnn(-c2cccc([N+](=O)[O-])c2)c1C. The van der Waals surface area contributed by atoms with Gasteiger partial charge in [-0.05, 0) is 26.3 Å². The molecule has 0 saturated heterocycles. The van der Waals surface area contributed by atoms with E-state index in [0.717, 1.165) is 0 Å². The molecule has 0 aliphatic rings. The Morgan fingerprint density at radius 2 is 2.25 bits per heavy atom. The Labute approximate surface area is 138 Å². The number of rotatable bonds is 8. The van der Waals surface area contributed by atoms with Crippen LogP contribution in [0.5, 0.6) is 0 Å². The Bertz CT molecular complexity index is 728. The van der Waals surface area contributed by atoms with Crippen molar-refractivity contribution in [1.82, 2.24) is 20.3 Å². The largest absolute Gasteiger partial charge is 0.382 e. The highest BCUT2D eigenvalue weighted by Gasteiger charge is 2.18. The number of aromatic nitrogens is 3. The van der Waals surface area contributed by atoms with Crippen molar-refractivity contribution < 1.29 is 14.5 Å². The van der Waals surface area contributed by atoms with Crippen LogP contribution in [0.25, 0.3) is 5.69 Å². The first-order valence-corrected chi connectivity index (χ1v) is 7.57. The van der Waals surface area contributed by atoms with Gasteiger partial charge in [-0.2, -0.15) is 0 Å². The van der Waals surface area contributed by atoms with Crippen molar-refractivity contribution in [2.24, 2.45) is 0 Å². The van der Waals surface area contributed by atoms with Crippen LogP contribution in [-0.4, -0.2) is 45.6 Å². The van der Waals surface area contributed by atoms with Gasteiger partial charge in [-0.3, -0.25) is 14.9 Å². The van der Waals surface area contributed by atoms with Crippen molar-refractivity contribution in [3.63, 3.8) is 0 Å². The summed E-state index contributed by atoms with van der Waals surface area (Å²) in [4.78, 5) is 22.5. The minimum absolute atomic E-state index is 0.0516. The van der Waals surface area contributed by atoms with E-state index < -0.39 is 4.92 Å². The molecule has 1 heterocycles. The highest BCUT2D eigenvalue weighted by atomic mass is 16.6. The lowest BCUT2D eigenvalue weighted by atomic mass is 10.2. The third-order valence-corrected chi connectivity index (χ3v) is 3.35. The molecule has 1 N–H and O–H groups in total. The van der Waals surface area contributed by atoms with Crippen LogP contribution in [0.15, 0.2) is 24.3 Å². The summed E-state index contributed by atoms with van der Waals surface area (Å²) >= 11 is 0. The van der Waals surface area contributed by atoms with Gasteiger partial charge in [0, 0.05) is 31.9 Å². The predicted octanol–water partition coefficient (Wildman–Crippen LogP) is 1.64. The number of nitro benzene ring substituents is 1. The van der Waals surface area contributed by atoms with Crippen LogP contribution in [0.2, 0.25) is 0 Å². The topological polar surface area (TPSA) is 112 Å². The van der Waals surface area contributed by atoms with Gasteiger partial charge in [-0.1, -0.05) is 11.3 Å². The van der Waals surface area contributed by atoms with Crippen molar-refractivity contribution in [2.75, 3.05) is 19.8 Å². The van der Waals surface area contributed by atoms with E-state index in [4.69, 9.17) is 4.74 Å². The summed E-state index contributed by atoms with van der Waals surface area (Å²) in [6.45, 7) is 5.30. The molecule has 9 nitrogen and oxygen atoms in total. The number of hydrogen-bond acceptors (Lipinski definition) is 6. The van der Waals surface area contributed by atoms with E-state index in [1.165, 1.54) is 16.8 Å². The van der Waals surface area contributed by atoms with Crippen molar-refractivity contribution in [3.05, 3.63) is 45.8 Å². The average Bonchev–Trinajstić information content (AvgIpc) is 2.96. The molecule has 1 amide bonds. The Balaban J connectivity index is 2.09. The maximum absolute atomic E-state index is 12.1. The van der Waals surface area contributed by atoms with Crippen LogP contribution < -0.4 is 5.32 Å². The lowest BCUT2D eigenvalue weighted by molar-refractivity contribution is -0.384. The Kier molecular flexibility index (Phi) is 5.96. The molecule has 0 aliphatic heterocycles. The number of ether oxygens (including phenoxy) is 1. The van der Waals surface area contributed by atoms with Crippen LogP contribution >= 0.6 is 0 Å². The zero-order valence-electron chi connectivity index (χ0n) is 13.6. The summed E-state index contributed by atoms with van der Waals surface area (Å²) in [7, 11) is 0. The second-order valence-electron chi connectivity index (χ2n) is 5.02. The minimum Gasteiger partial charge on any atom is -0.382 e. The molecule has 24 heavy (non-hydrogen) atoms. The fraction of sp³-hybridized carbons (Fsp3) is 0.400. The van der Waals surface area contributed by atoms with Crippen LogP contribution in [0.4, 0.5) is 5.69 Å². The van der Waals surface area contributed by atoms with E-state index in [-0.39, 0.29) is 17.3 Å². The zero-order chi connectivity index (χ0) is 17.5. The molecular weight excluding hydrogens is 314 g/mol. The monoisotopic (exact) mass is 333 g/mol. The molecule has 0 atom stereocenters. The number of carbonyl (C=O) groups excluding carboxylic acids is 1. The number of nitrogens with one attached hydrogen (secondary N) is 1. The number of nitro groups is 1. The van der Waals surface area contributed by atoms with Gasteiger partial charge < -0.3 is 10.1 Å². The van der Waals surface area contributed by atoms with Crippen molar-refractivity contribution in [1.29, 1.82) is 0 Å². The highest BCUT2D eigenvalue weighted by molar-refractivity contribution is 5.93. The molecule has 0 radical (unpaired) electrons. The smallest absolute Gasteiger partial charge is 0.273 e. The Hall–Kier alpha value is -2.81. The maximum Gasteiger partial charge on any atom is 0.273 e. The first-order chi connectivity index (χ1) is 11.5. The van der Waals surface area contributed by atoms with Gasteiger partial charge in [0.25, 0.3) is 11.6 Å². The molecule has 2 aromatic rings. The first-order valence-electron chi connectivity index (χ1n) is 7.57. The van der Waals surface area contributed by atoms with Gasteiger partial charge in [0.15, 0.2) is 5.69 Å². The highest BCUT2D eigenvalue weighted by Crippen LogP contribution is 2.18. The van der Waals surface area contributed by atoms with E-state index in [2.05, 4.69) is 15.6 Å². The van der Waals surface area contributed by atoms with Gasteiger partial charge in [0.2, 0.25) is 0 Å². The van der Waals surface area contributed by atoms with Crippen LogP contribution in [-0.2, 0) is 4.74 Å². The van der Waals surface area contributed by atoms with Gasteiger partial charge in [0.05, 0.1) is 16.3 Å². The molecule has 128 valence electrons. The first kappa shape index (κ1) is 17.5. The van der Waals surface area contributed by atoms with E-state index >= 15 is 0 Å². The summed E-state index contributed by atoms with van der Waals surface area (Å²) in [6.07, 6.45) is 0.706. The Morgan fingerprint density at radius 1 is 1.46 bits per heavy atom. The summed E-state index contributed by atoms with van der Waals surface area (Å²) in [5.41, 5.74) is 1.13. The predicted molar refractivity (Wildman–Crippen MR) is 86.2 cm³/mol. The molecule has 0 bridgehead atoms. The van der Waals surface area contributed by atoms with Gasteiger partial charge >= 0.3 is 0 Å².